The number of furan rings is 1. The lowest BCUT2D eigenvalue weighted by molar-refractivity contribution is -0.119. The highest BCUT2D eigenvalue weighted by Gasteiger charge is 2.34. The number of hydrogen-bond acceptors (Lipinski definition) is 8. The number of nitrogens with one attached hydrogen (secondary N) is 2. The van der Waals surface area contributed by atoms with Gasteiger partial charge in [-0.3, -0.25) is 4.79 Å². The minimum Gasteiger partial charge on any atom is -0.467 e. The minimum atomic E-state index is -0.710. The van der Waals surface area contributed by atoms with E-state index in [1.54, 1.807) is 23.3 Å². The molecule has 3 heterocycles. The molecule has 0 saturated carbocycles. The molecule has 0 spiro atoms. The summed E-state index contributed by atoms with van der Waals surface area (Å²) in [6.45, 7) is 5.56. The maximum atomic E-state index is 15.4. The van der Waals surface area contributed by atoms with Gasteiger partial charge in [-0.05, 0) is 31.3 Å². The largest absolute Gasteiger partial charge is 0.467 e. The molecular formula is C25H33F2N7O3. The summed E-state index contributed by atoms with van der Waals surface area (Å²) in [6, 6.07) is 5.59. The Kier molecular flexibility index (Phi) is 8.27. The zero-order valence-corrected chi connectivity index (χ0v) is 21.2. The van der Waals surface area contributed by atoms with E-state index in [1.807, 2.05) is 18.9 Å². The number of hydrazone groups is 1. The third-order valence-corrected chi connectivity index (χ3v) is 6.60. The number of hydrogen-bond donors (Lipinski definition) is 3. The number of benzene rings is 1. The van der Waals surface area contributed by atoms with Gasteiger partial charge < -0.3 is 35.5 Å². The van der Waals surface area contributed by atoms with Gasteiger partial charge in [-0.25, -0.2) is 8.78 Å². The molecule has 0 aliphatic carbocycles. The molecule has 1 fully saturated rings. The van der Waals surface area contributed by atoms with Gasteiger partial charge in [0.25, 0.3) is 0 Å². The second kappa shape index (κ2) is 11.6. The number of halogens is 2. The van der Waals surface area contributed by atoms with E-state index in [9.17, 15) is 4.79 Å². The van der Waals surface area contributed by atoms with Gasteiger partial charge in [-0.1, -0.05) is 12.1 Å². The van der Waals surface area contributed by atoms with Crippen LogP contribution in [-0.2, 0) is 16.2 Å². The summed E-state index contributed by atoms with van der Waals surface area (Å²) >= 11 is 0. The van der Waals surface area contributed by atoms with Gasteiger partial charge in [0.2, 0.25) is 5.91 Å². The number of piperazine rings is 1. The second-order valence-electron chi connectivity index (χ2n) is 9.51. The predicted octanol–water partition coefficient (Wildman–Crippen LogP) is 2.01. The molecule has 1 aromatic heterocycles. The van der Waals surface area contributed by atoms with Crippen molar-refractivity contribution in [2.45, 2.75) is 39.0 Å². The summed E-state index contributed by atoms with van der Waals surface area (Å²) in [7, 11) is 1.92. The number of amidine groups is 1. The van der Waals surface area contributed by atoms with E-state index < -0.39 is 17.7 Å². The zero-order chi connectivity index (χ0) is 26.5. The SMILES string of the molecule is CC(=O)NCC(C)C1CC(c2cc(F)c(N3CCN(C)CC3/C(N)=N/NCc3ccco3)c(F)c2)=NO1. The van der Waals surface area contributed by atoms with E-state index in [0.29, 0.717) is 56.2 Å². The van der Waals surface area contributed by atoms with E-state index in [4.69, 9.17) is 15.0 Å². The van der Waals surface area contributed by atoms with Crippen molar-refractivity contribution in [2.75, 3.05) is 38.1 Å². The lowest BCUT2D eigenvalue weighted by Crippen LogP contribution is -2.58. The molecule has 3 unspecified atom stereocenters. The number of oxime groups is 1. The fraction of sp³-hybridized carbons (Fsp3) is 0.480. The molecule has 4 rings (SSSR count). The fourth-order valence-corrected chi connectivity index (χ4v) is 4.45. The zero-order valence-electron chi connectivity index (χ0n) is 21.2. The lowest BCUT2D eigenvalue weighted by Gasteiger charge is -2.41. The molecule has 2 aliphatic rings. The first-order valence-corrected chi connectivity index (χ1v) is 12.2. The van der Waals surface area contributed by atoms with Crippen LogP contribution in [0.25, 0.3) is 0 Å². The molecule has 2 aromatic rings. The maximum Gasteiger partial charge on any atom is 0.216 e. The van der Waals surface area contributed by atoms with E-state index in [1.165, 1.54) is 19.1 Å². The lowest BCUT2D eigenvalue weighted by atomic mass is 9.96. The first-order chi connectivity index (χ1) is 17.7. The first kappa shape index (κ1) is 26.4. The van der Waals surface area contributed by atoms with Crippen LogP contribution in [0.1, 0.15) is 31.6 Å². The molecule has 1 amide bonds. The van der Waals surface area contributed by atoms with Crippen LogP contribution in [0.3, 0.4) is 0 Å². The summed E-state index contributed by atoms with van der Waals surface area (Å²) in [5, 5.41) is 11.0. The van der Waals surface area contributed by atoms with E-state index in [0.717, 1.165) is 0 Å². The van der Waals surface area contributed by atoms with Gasteiger partial charge in [0.1, 0.15) is 41.1 Å². The van der Waals surface area contributed by atoms with Gasteiger partial charge in [0.15, 0.2) is 0 Å². The Balaban J connectivity index is 1.49. The molecule has 1 aromatic carbocycles. The van der Waals surface area contributed by atoms with Crippen molar-refractivity contribution < 1.29 is 22.8 Å². The smallest absolute Gasteiger partial charge is 0.216 e. The van der Waals surface area contributed by atoms with Crippen LogP contribution in [0, 0.1) is 17.6 Å². The molecule has 2 aliphatic heterocycles. The Bertz CT molecular complexity index is 1130. The number of likely N-dealkylation sites (N-methyl/N-ethyl adjacent to an activating group) is 1. The van der Waals surface area contributed by atoms with Crippen molar-refractivity contribution in [3.05, 3.63) is 53.5 Å². The first-order valence-electron chi connectivity index (χ1n) is 12.2. The Morgan fingerprint density at radius 1 is 1.32 bits per heavy atom. The Labute approximate surface area is 214 Å². The Morgan fingerprint density at radius 2 is 2.08 bits per heavy atom. The van der Waals surface area contributed by atoms with Crippen molar-refractivity contribution in [2.24, 2.45) is 21.9 Å². The number of rotatable bonds is 9. The number of carbonyl (C=O) groups is 1. The summed E-state index contributed by atoms with van der Waals surface area (Å²) in [6.07, 6.45) is 1.66. The van der Waals surface area contributed by atoms with Crippen LogP contribution in [0.15, 0.2) is 45.2 Å². The van der Waals surface area contributed by atoms with Gasteiger partial charge in [-0.15, -0.1) is 0 Å². The molecule has 3 atom stereocenters. The van der Waals surface area contributed by atoms with Crippen LogP contribution >= 0.6 is 0 Å². The second-order valence-corrected chi connectivity index (χ2v) is 9.51. The van der Waals surface area contributed by atoms with Crippen LogP contribution in [0.5, 0.6) is 0 Å². The molecule has 37 heavy (non-hydrogen) atoms. The average molecular weight is 518 g/mol. The molecule has 10 nitrogen and oxygen atoms in total. The number of nitrogens with zero attached hydrogens (tertiary/aromatic N) is 4. The van der Waals surface area contributed by atoms with E-state index in [2.05, 4.69) is 21.0 Å². The molecular weight excluding hydrogens is 484 g/mol. The topological polar surface area (TPSA) is 121 Å². The number of amides is 1. The summed E-state index contributed by atoms with van der Waals surface area (Å²) in [5.41, 5.74) is 9.76. The highest BCUT2D eigenvalue weighted by Crippen LogP contribution is 2.31. The van der Waals surface area contributed by atoms with Crippen molar-refractivity contribution in [3.8, 4) is 0 Å². The quantitative estimate of drug-likeness (QED) is 0.264. The third kappa shape index (κ3) is 6.37. The van der Waals surface area contributed by atoms with Crippen LogP contribution < -0.4 is 21.4 Å². The molecule has 0 bridgehead atoms. The molecule has 1 saturated heterocycles. The highest BCUT2D eigenvalue weighted by molar-refractivity contribution is 6.01. The summed E-state index contributed by atoms with van der Waals surface area (Å²) in [4.78, 5) is 20.3. The number of anilines is 1. The van der Waals surface area contributed by atoms with Crippen molar-refractivity contribution >= 4 is 23.1 Å². The molecule has 12 heteroatoms. The molecule has 200 valence electrons. The van der Waals surface area contributed by atoms with Gasteiger partial charge >= 0.3 is 0 Å². The van der Waals surface area contributed by atoms with Crippen molar-refractivity contribution in [1.82, 2.24) is 15.6 Å². The Morgan fingerprint density at radius 3 is 2.76 bits per heavy atom. The van der Waals surface area contributed by atoms with Crippen molar-refractivity contribution in [1.29, 1.82) is 0 Å². The Hall–Kier alpha value is -3.67. The van der Waals surface area contributed by atoms with E-state index in [-0.39, 0.29) is 29.5 Å². The minimum absolute atomic E-state index is 0.0196. The normalized spacial score (nSPS) is 21.4. The number of nitrogens with two attached hydrogens (primary N) is 1. The monoisotopic (exact) mass is 517 g/mol. The molecule has 0 radical (unpaired) electrons. The van der Waals surface area contributed by atoms with Crippen LogP contribution in [0.2, 0.25) is 0 Å². The fourth-order valence-electron chi connectivity index (χ4n) is 4.45. The van der Waals surface area contributed by atoms with Crippen LogP contribution in [0.4, 0.5) is 14.5 Å². The van der Waals surface area contributed by atoms with E-state index >= 15 is 8.78 Å². The van der Waals surface area contributed by atoms with Crippen molar-refractivity contribution in [3.63, 3.8) is 0 Å². The van der Waals surface area contributed by atoms with Gasteiger partial charge in [0.05, 0.1) is 18.5 Å². The maximum absolute atomic E-state index is 15.4. The highest BCUT2D eigenvalue weighted by atomic mass is 19.1. The van der Waals surface area contributed by atoms with Gasteiger partial charge in [-0.2, -0.15) is 5.10 Å². The predicted molar refractivity (Wildman–Crippen MR) is 136 cm³/mol. The molecule has 4 N–H and O–H groups in total. The van der Waals surface area contributed by atoms with Crippen LogP contribution in [-0.4, -0.2) is 67.7 Å². The van der Waals surface area contributed by atoms with Gasteiger partial charge in [0, 0.05) is 51.0 Å². The summed E-state index contributed by atoms with van der Waals surface area (Å²) in [5.74, 6) is -0.671. The number of carbonyl (C=O) groups excluding carboxylic acids is 1. The average Bonchev–Trinajstić information content (AvgIpc) is 3.55. The third-order valence-electron chi connectivity index (χ3n) is 6.60. The standard InChI is InChI=1S/C25H33F2N7O3/c1-15(12-29-16(2)35)23-11-21(32-37-23)17-9-19(26)24(20(27)10-17)34-7-6-33(3)14-22(34)25(28)31-30-13-18-5-4-8-36-18/h4-5,8-10,15,22-23,30H,6-7,11-14H2,1-3H3,(H2,28,31)(H,29,35). The summed E-state index contributed by atoms with van der Waals surface area (Å²) < 4.78 is 36.1.